The molecule has 0 atom stereocenters. The third-order valence-electron chi connectivity index (χ3n) is 2.71. The van der Waals surface area contributed by atoms with Crippen LogP contribution < -0.4 is 0 Å². The van der Waals surface area contributed by atoms with Gasteiger partial charge in [-0.05, 0) is 43.5 Å². The van der Waals surface area contributed by atoms with E-state index in [1.165, 1.54) is 0 Å². The van der Waals surface area contributed by atoms with E-state index in [-0.39, 0.29) is 0 Å². The van der Waals surface area contributed by atoms with Crippen LogP contribution in [-0.4, -0.2) is 10.9 Å². The molecule has 0 unspecified atom stereocenters. The second-order valence-electron chi connectivity index (χ2n) is 3.81. The molecule has 0 saturated heterocycles. The van der Waals surface area contributed by atoms with Crippen molar-refractivity contribution in [1.29, 1.82) is 0 Å². The van der Waals surface area contributed by atoms with Gasteiger partial charge in [0.1, 0.15) is 5.75 Å². The van der Waals surface area contributed by atoms with Crippen molar-refractivity contribution in [2.24, 2.45) is 15.2 Å². The third kappa shape index (κ3) is 1.74. The smallest absolute Gasteiger partial charge is 0.176 e. The molecule has 0 saturated carbocycles. The Morgan fingerprint density at radius 3 is 2.56 bits per heavy atom. The zero-order chi connectivity index (χ0) is 11.7. The average Bonchev–Trinajstić information content (AvgIpc) is 2.76. The number of rotatable bonds is 1. The van der Waals surface area contributed by atoms with Crippen LogP contribution in [0.25, 0.3) is 0 Å². The number of nitrogens with zero attached hydrogens (tertiary/aromatic N) is 3. The minimum atomic E-state index is 0.338. The number of aliphatic imine (C=N–C) groups is 1. The molecule has 0 aromatic heterocycles. The SMILES string of the molecule is Cc1cc(N=C2C=CN=N2)c(C)c(C)c1O. The Kier molecular flexibility index (Phi) is 2.56. The van der Waals surface area contributed by atoms with E-state index in [4.69, 9.17) is 0 Å². The largest absolute Gasteiger partial charge is 0.507 e. The zero-order valence-corrected chi connectivity index (χ0v) is 9.52. The van der Waals surface area contributed by atoms with Gasteiger partial charge in [-0.3, -0.25) is 0 Å². The van der Waals surface area contributed by atoms with Crippen molar-refractivity contribution in [2.75, 3.05) is 0 Å². The molecule has 1 aliphatic rings. The highest BCUT2D eigenvalue weighted by atomic mass is 16.3. The summed E-state index contributed by atoms with van der Waals surface area (Å²) in [7, 11) is 0. The first-order chi connectivity index (χ1) is 7.59. The maximum atomic E-state index is 9.77. The van der Waals surface area contributed by atoms with E-state index >= 15 is 0 Å². The number of phenolic OH excluding ortho intramolecular Hbond substituents is 1. The summed E-state index contributed by atoms with van der Waals surface area (Å²) >= 11 is 0. The Hall–Kier alpha value is -1.97. The van der Waals surface area contributed by atoms with Gasteiger partial charge < -0.3 is 5.11 Å². The van der Waals surface area contributed by atoms with Crippen LogP contribution in [0.2, 0.25) is 0 Å². The van der Waals surface area contributed by atoms with Gasteiger partial charge in [0, 0.05) is 6.08 Å². The van der Waals surface area contributed by atoms with Gasteiger partial charge >= 0.3 is 0 Å². The number of phenols is 1. The van der Waals surface area contributed by atoms with Gasteiger partial charge in [0.2, 0.25) is 0 Å². The number of azo groups is 1. The lowest BCUT2D eigenvalue weighted by Gasteiger charge is -2.09. The number of amidine groups is 1. The van der Waals surface area contributed by atoms with Crippen LogP contribution in [0.15, 0.2) is 33.6 Å². The quantitative estimate of drug-likeness (QED) is 0.767. The van der Waals surface area contributed by atoms with Crippen LogP contribution in [0.3, 0.4) is 0 Å². The molecule has 1 aromatic rings. The number of hydrogen-bond donors (Lipinski definition) is 1. The van der Waals surface area contributed by atoms with Crippen molar-refractivity contribution < 1.29 is 5.11 Å². The van der Waals surface area contributed by atoms with E-state index in [0.717, 1.165) is 22.4 Å². The molecule has 2 rings (SSSR count). The molecule has 82 valence electrons. The summed E-state index contributed by atoms with van der Waals surface area (Å²) in [5, 5.41) is 17.3. The van der Waals surface area contributed by atoms with Crippen LogP contribution in [0.5, 0.6) is 5.75 Å². The number of aromatic hydroxyl groups is 1. The van der Waals surface area contributed by atoms with Gasteiger partial charge in [0.15, 0.2) is 5.84 Å². The standard InChI is InChI=1S/C12H13N3O/c1-7-6-10(8(2)9(3)12(7)16)14-11-4-5-13-15-11/h4-6,16H,1-3H3. The molecule has 1 N–H and O–H groups in total. The highest BCUT2D eigenvalue weighted by Gasteiger charge is 2.09. The molecule has 16 heavy (non-hydrogen) atoms. The third-order valence-corrected chi connectivity index (χ3v) is 2.71. The number of aryl methyl sites for hydroxylation is 1. The maximum absolute atomic E-state index is 9.77. The fourth-order valence-electron chi connectivity index (χ4n) is 1.57. The van der Waals surface area contributed by atoms with E-state index in [2.05, 4.69) is 15.2 Å². The molecule has 0 amide bonds. The average molecular weight is 215 g/mol. The van der Waals surface area contributed by atoms with Gasteiger partial charge in [-0.2, -0.15) is 5.11 Å². The minimum absolute atomic E-state index is 0.338. The summed E-state index contributed by atoms with van der Waals surface area (Å²) in [6.07, 6.45) is 3.35. The molecule has 1 aliphatic heterocycles. The lowest BCUT2D eigenvalue weighted by Crippen LogP contribution is -1.89. The van der Waals surface area contributed by atoms with Gasteiger partial charge in [0.25, 0.3) is 0 Å². The van der Waals surface area contributed by atoms with Crippen LogP contribution in [0.4, 0.5) is 5.69 Å². The molecule has 1 heterocycles. The summed E-state index contributed by atoms with van der Waals surface area (Å²) in [5.41, 5.74) is 3.47. The molecule has 0 bridgehead atoms. The molecule has 0 fully saturated rings. The van der Waals surface area contributed by atoms with Crippen molar-refractivity contribution in [1.82, 2.24) is 0 Å². The predicted molar refractivity (Wildman–Crippen MR) is 63.4 cm³/mol. The Balaban J connectivity index is 2.54. The Labute approximate surface area is 94.1 Å². The monoisotopic (exact) mass is 215 g/mol. The van der Waals surface area contributed by atoms with E-state index in [1.54, 1.807) is 12.3 Å². The van der Waals surface area contributed by atoms with Crippen molar-refractivity contribution in [3.05, 3.63) is 35.0 Å². The molecule has 0 spiro atoms. The van der Waals surface area contributed by atoms with Crippen molar-refractivity contribution in [2.45, 2.75) is 20.8 Å². The van der Waals surface area contributed by atoms with E-state index in [1.807, 2.05) is 26.8 Å². The Morgan fingerprint density at radius 2 is 1.94 bits per heavy atom. The van der Waals surface area contributed by atoms with Crippen molar-refractivity contribution in [3.8, 4) is 5.75 Å². The lowest BCUT2D eigenvalue weighted by atomic mass is 10.0. The van der Waals surface area contributed by atoms with E-state index in [9.17, 15) is 5.11 Å². The second-order valence-corrected chi connectivity index (χ2v) is 3.81. The maximum Gasteiger partial charge on any atom is 0.176 e. The molecular formula is C12H13N3O. The normalized spacial score (nSPS) is 16.3. The minimum Gasteiger partial charge on any atom is -0.507 e. The van der Waals surface area contributed by atoms with Gasteiger partial charge in [-0.25, -0.2) is 4.99 Å². The molecular weight excluding hydrogens is 202 g/mol. The number of benzene rings is 1. The van der Waals surface area contributed by atoms with E-state index in [0.29, 0.717) is 11.6 Å². The van der Waals surface area contributed by atoms with Crippen molar-refractivity contribution in [3.63, 3.8) is 0 Å². The van der Waals surface area contributed by atoms with Crippen LogP contribution >= 0.6 is 0 Å². The Morgan fingerprint density at radius 1 is 1.19 bits per heavy atom. The first-order valence-corrected chi connectivity index (χ1v) is 5.05. The van der Waals surface area contributed by atoms with Crippen molar-refractivity contribution >= 4 is 11.5 Å². The van der Waals surface area contributed by atoms with Crippen LogP contribution in [-0.2, 0) is 0 Å². The first-order valence-electron chi connectivity index (χ1n) is 5.05. The summed E-state index contributed by atoms with van der Waals surface area (Å²) in [6, 6.07) is 1.85. The second kappa shape index (κ2) is 3.89. The topological polar surface area (TPSA) is 57.3 Å². The fraction of sp³-hybridized carbons (Fsp3) is 0.250. The molecule has 0 radical (unpaired) electrons. The molecule has 4 heteroatoms. The molecule has 1 aromatic carbocycles. The fourth-order valence-corrected chi connectivity index (χ4v) is 1.57. The lowest BCUT2D eigenvalue weighted by molar-refractivity contribution is 0.466. The van der Waals surface area contributed by atoms with E-state index < -0.39 is 0 Å². The van der Waals surface area contributed by atoms with Crippen LogP contribution in [0.1, 0.15) is 16.7 Å². The summed E-state index contributed by atoms with van der Waals surface area (Å²) in [6.45, 7) is 5.68. The first kappa shape index (κ1) is 10.5. The highest BCUT2D eigenvalue weighted by Crippen LogP contribution is 2.32. The Bertz CT molecular complexity index is 514. The molecule has 4 nitrogen and oxygen atoms in total. The highest BCUT2D eigenvalue weighted by molar-refractivity contribution is 5.96. The summed E-state index contributed by atoms with van der Waals surface area (Å²) in [5.74, 6) is 0.928. The molecule has 0 aliphatic carbocycles. The summed E-state index contributed by atoms with van der Waals surface area (Å²) in [4.78, 5) is 4.38. The predicted octanol–water partition coefficient (Wildman–Crippen LogP) is 3.33. The van der Waals surface area contributed by atoms with Gasteiger partial charge in [-0.15, -0.1) is 5.11 Å². The number of hydrogen-bond acceptors (Lipinski definition) is 3. The van der Waals surface area contributed by atoms with Crippen LogP contribution in [0, 0.1) is 20.8 Å². The van der Waals surface area contributed by atoms with Gasteiger partial charge in [0.05, 0.1) is 11.9 Å². The zero-order valence-electron chi connectivity index (χ0n) is 9.52. The summed E-state index contributed by atoms with van der Waals surface area (Å²) < 4.78 is 0. The van der Waals surface area contributed by atoms with Gasteiger partial charge in [-0.1, -0.05) is 0 Å².